The topological polar surface area (TPSA) is 76.4 Å². The number of carbonyl (C=O) groups excluding carboxylic acids is 1. The molecule has 0 bridgehead atoms. The third-order valence-electron chi connectivity index (χ3n) is 4.23. The molecule has 1 saturated heterocycles. The van der Waals surface area contributed by atoms with Crippen molar-refractivity contribution in [3.05, 3.63) is 12.3 Å². The Morgan fingerprint density at radius 1 is 1.55 bits per heavy atom. The van der Waals surface area contributed by atoms with Gasteiger partial charge in [-0.05, 0) is 25.7 Å². The number of amides is 1. The molecule has 1 atom stereocenters. The number of aliphatic hydroxyl groups is 1. The number of hydrogen-bond donors (Lipinski definition) is 2. The maximum Gasteiger partial charge on any atom is 0.237 e. The number of aliphatic hydroxyl groups excluding tert-OH is 1. The van der Waals surface area contributed by atoms with Crippen LogP contribution in [0, 0.1) is 11.3 Å². The molecular formula is C15H25N3O2. The lowest BCUT2D eigenvalue weighted by atomic mass is 9.88. The summed E-state index contributed by atoms with van der Waals surface area (Å²) in [7, 11) is 0. The van der Waals surface area contributed by atoms with Crippen LogP contribution < -0.4 is 5.32 Å². The zero-order valence-corrected chi connectivity index (χ0v) is 12.5. The summed E-state index contributed by atoms with van der Waals surface area (Å²) in [5.74, 6) is 0.0913. The fourth-order valence-corrected chi connectivity index (χ4v) is 2.77. The predicted molar refractivity (Wildman–Crippen MR) is 78.0 cm³/mol. The summed E-state index contributed by atoms with van der Waals surface area (Å²) in [5, 5.41) is 21.7. The average Bonchev–Trinajstić information content (AvgIpc) is 2.91. The summed E-state index contributed by atoms with van der Waals surface area (Å²) in [5.41, 5.74) is -0.302. The molecule has 1 aliphatic heterocycles. The number of nitrogens with one attached hydrogen (secondary N) is 1. The van der Waals surface area contributed by atoms with Gasteiger partial charge in [0.2, 0.25) is 5.91 Å². The largest absolute Gasteiger partial charge is 0.513 e. The fraction of sp³-hybridized carbons (Fsp3) is 0.733. The fourth-order valence-electron chi connectivity index (χ4n) is 2.77. The first-order chi connectivity index (χ1) is 9.48. The Morgan fingerprint density at radius 3 is 2.70 bits per heavy atom. The van der Waals surface area contributed by atoms with Gasteiger partial charge in [0.05, 0.1) is 18.4 Å². The molecule has 2 N–H and O–H groups in total. The van der Waals surface area contributed by atoms with Crippen molar-refractivity contribution in [2.45, 2.75) is 57.5 Å². The molecule has 1 fully saturated rings. The third-order valence-corrected chi connectivity index (χ3v) is 4.23. The Hall–Kier alpha value is -1.54. The van der Waals surface area contributed by atoms with Crippen molar-refractivity contribution in [3.8, 4) is 6.07 Å². The highest BCUT2D eigenvalue weighted by molar-refractivity contribution is 5.79. The summed E-state index contributed by atoms with van der Waals surface area (Å²) in [4.78, 5) is 13.9. The Bertz CT molecular complexity index is 396. The minimum absolute atomic E-state index is 0.0381. The molecule has 0 aromatic heterocycles. The lowest BCUT2D eigenvalue weighted by Gasteiger charge is -2.33. The van der Waals surface area contributed by atoms with Crippen LogP contribution in [0.1, 0.15) is 46.0 Å². The molecule has 5 nitrogen and oxygen atoms in total. The molecule has 0 spiro atoms. The molecular weight excluding hydrogens is 254 g/mol. The lowest BCUT2D eigenvalue weighted by Crippen LogP contribution is -2.50. The van der Waals surface area contributed by atoms with Crippen molar-refractivity contribution < 1.29 is 9.90 Å². The van der Waals surface area contributed by atoms with E-state index in [1.54, 1.807) is 4.90 Å². The molecule has 0 aromatic carbocycles. The molecule has 1 rings (SSSR count). The Balaban J connectivity index is 2.61. The molecule has 0 aromatic rings. The van der Waals surface area contributed by atoms with Gasteiger partial charge in [0.15, 0.2) is 0 Å². The molecule has 1 amide bonds. The summed E-state index contributed by atoms with van der Waals surface area (Å²) in [6.07, 6.45) is 3.71. The van der Waals surface area contributed by atoms with Crippen molar-refractivity contribution in [1.82, 2.24) is 10.2 Å². The SMILES string of the molecule is C=C(O)CC(CC)(CC)NCC(=O)N1CCC[C@H]1C#N. The molecule has 1 aliphatic rings. The zero-order valence-electron chi connectivity index (χ0n) is 12.5. The second kappa shape index (κ2) is 7.30. The number of hydrogen-bond acceptors (Lipinski definition) is 4. The first-order valence-electron chi connectivity index (χ1n) is 7.29. The molecule has 0 aliphatic carbocycles. The number of likely N-dealkylation sites (tertiary alicyclic amines) is 1. The smallest absolute Gasteiger partial charge is 0.237 e. The van der Waals surface area contributed by atoms with Crippen molar-refractivity contribution in [2.75, 3.05) is 13.1 Å². The van der Waals surface area contributed by atoms with Crippen LogP contribution in [0.5, 0.6) is 0 Å². The number of nitrogens with zero attached hydrogens (tertiary/aromatic N) is 2. The van der Waals surface area contributed by atoms with Gasteiger partial charge >= 0.3 is 0 Å². The second-order valence-corrected chi connectivity index (χ2v) is 5.46. The van der Waals surface area contributed by atoms with Crippen LogP contribution in [0.25, 0.3) is 0 Å². The quantitative estimate of drug-likeness (QED) is 0.700. The van der Waals surface area contributed by atoms with Gasteiger partial charge in [-0.25, -0.2) is 0 Å². The molecule has 112 valence electrons. The minimum Gasteiger partial charge on any atom is -0.513 e. The molecule has 0 unspecified atom stereocenters. The van der Waals surface area contributed by atoms with Crippen LogP contribution in [-0.4, -0.2) is 40.6 Å². The van der Waals surface area contributed by atoms with Gasteiger partial charge in [-0.3, -0.25) is 4.79 Å². The van der Waals surface area contributed by atoms with Crippen LogP contribution in [0.4, 0.5) is 0 Å². The molecule has 0 radical (unpaired) electrons. The van der Waals surface area contributed by atoms with E-state index in [9.17, 15) is 9.90 Å². The zero-order chi connectivity index (χ0) is 15.2. The Kier molecular flexibility index (Phi) is 6.03. The molecule has 0 saturated carbocycles. The van der Waals surface area contributed by atoms with E-state index in [1.165, 1.54) is 0 Å². The van der Waals surface area contributed by atoms with Gasteiger partial charge in [-0.2, -0.15) is 5.26 Å². The van der Waals surface area contributed by atoms with E-state index in [1.807, 2.05) is 13.8 Å². The van der Waals surface area contributed by atoms with Gasteiger partial charge in [0.25, 0.3) is 0 Å². The van der Waals surface area contributed by atoms with Crippen LogP contribution in [0.3, 0.4) is 0 Å². The molecule has 5 heteroatoms. The van der Waals surface area contributed by atoms with E-state index in [2.05, 4.69) is 18.0 Å². The summed E-state index contributed by atoms with van der Waals surface area (Å²) in [6.45, 7) is 8.46. The Labute approximate surface area is 121 Å². The first-order valence-corrected chi connectivity index (χ1v) is 7.29. The van der Waals surface area contributed by atoms with E-state index in [4.69, 9.17) is 5.26 Å². The lowest BCUT2D eigenvalue weighted by molar-refractivity contribution is -0.130. The summed E-state index contributed by atoms with van der Waals surface area (Å²) in [6, 6.07) is 1.89. The van der Waals surface area contributed by atoms with Gasteiger partial charge in [-0.1, -0.05) is 20.4 Å². The maximum atomic E-state index is 12.2. The van der Waals surface area contributed by atoms with Crippen molar-refractivity contribution in [2.24, 2.45) is 0 Å². The maximum absolute atomic E-state index is 12.2. The third kappa shape index (κ3) is 3.97. The van der Waals surface area contributed by atoms with Crippen molar-refractivity contribution >= 4 is 5.91 Å². The highest BCUT2D eigenvalue weighted by Crippen LogP contribution is 2.23. The van der Waals surface area contributed by atoms with Crippen LogP contribution in [0.2, 0.25) is 0 Å². The van der Waals surface area contributed by atoms with Gasteiger partial charge < -0.3 is 15.3 Å². The van der Waals surface area contributed by atoms with E-state index >= 15 is 0 Å². The summed E-state index contributed by atoms with van der Waals surface area (Å²) < 4.78 is 0. The minimum atomic E-state index is -0.302. The van der Waals surface area contributed by atoms with Gasteiger partial charge in [0.1, 0.15) is 6.04 Å². The van der Waals surface area contributed by atoms with Gasteiger partial charge in [0, 0.05) is 18.5 Å². The van der Waals surface area contributed by atoms with E-state index in [-0.39, 0.29) is 29.8 Å². The number of rotatable bonds is 7. The van der Waals surface area contributed by atoms with Crippen LogP contribution in [-0.2, 0) is 4.79 Å². The molecule has 20 heavy (non-hydrogen) atoms. The predicted octanol–water partition coefficient (Wildman–Crippen LogP) is 2.11. The first kappa shape index (κ1) is 16.5. The normalized spacial score (nSPS) is 18.9. The average molecular weight is 279 g/mol. The summed E-state index contributed by atoms with van der Waals surface area (Å²) >= 11 is 0. The number of nitriles is 1. The highest BCUT2D eigenvalue weighted by atomic mass is 16.3. The van der Waals surface area contributed by atoms with E-state index in [0.717, 1.165) is 25.7 Å². The van der Waals surface area contributed by atoms with E-state index < -0.39 is 0 Å². The standard InChI is InChI=1S/C15H25N3O2/c1-4-15(5-2,9-12(3)19)17-11-14(20)18-8-6-7-13(18)10-16/h13,17,19H,3-9,11H2,1-2H3/t13-/m0/s1. The monoisotopic (exact) mass is 279 g/mol. The Morgan fingerprint density at radius 2 is 2.20 bits per heavy atom. The second-order valence-electron chi connectivity index (χ2n) is 5.46. The highest BCUT2D eigenvalue weighted by Gasteiger charge is 2.31. The van der Waals surface area contributed by atoms with Crippen LogP contribution in [0.15, 0.2) is 12.3 Å². The van der Waals surface area contributed by atoms with Crippen molar-refractivity contribution in [1.29, 1.82) is 5.26 Å². The van der Waals surface area contributed by atoms with Crippen LogP contribution >= 0.6 is 0 Å². The van der Waals surface area contributed by atoms with Gasteiger partial charge in [-0.15, -0.1) is 0 Å². The van der Waals surface area contributed by atoms with Crippen molar-refractivity contribution in [3.63, 3.8) is 0 Å². The molecule has 1 heterocycles. The van der Waals surface area contributed by atoms with E-state index in [0.29, 0.717) is 13.0 Å². The number of carbonyl (C=O) groups is 1.